The van der Waals surface area contributed by atoms with Crippen LogP contribution in [0.2, 0.25) is 0 Å². The van der Waals surface area contributed by atoms with Crippen molar-refractivity contribution in [2.75, 3.05) is 7.05 Å². The van der Waals surface area contributed by atoms with E-state index in [0.717, 1.165) is 0 Å². The first-order valence-electron chi connectivity index (χ1n) is 3.18. The van der Waals surface area contributed by atoms with Crippen LogP contribution in [-0.2, 0) is 0 Å². The van der Waals surface area contributed by atoms with E-state index >= 15 is 0 Å². The Morgan fingerprint density at radius 1 is 1.56 bits per heavy atom. The summed E-state index contributed by atoms with van der Waals surface area (Å²) in [6.07, 6.45) is 2.02. The SMILES string of the molecule is CC(C)C1C=[N+](C)N=N1. The molecular formula is C6H12N3+. The van der Waals surface area contributed by atoms with Crippen molar-refractivity contribution in [3.05, 3.63) is 0 Å². The fourth-order valence-corrected chi connectivity index (χ4v) is 0.727. The Kier molecular flexibility index (Phi) is 1.60. The van der Waals surface area contributed by atoms with Crippen LogP contribution in [0.15, 0.2) is 10.3 Å². The lowest BCUT2D eigenvalue weighted by atomic mass is 10.1. The van der Waals surface area contributed by atoms with Gasteiger partial charge >= 0.3 is 0 Å². The Morgan fingerprint density at radius 3 is 2.44 bits per heavy atom. The monoisotopic (exact) mass is 126 g/mol. The molecule has 0 spiro atoms. The third kappa shape index (κ3) is 1.34. The minimum Gasteiger partial charge on any atom is -0.141 e. The van der Waals surface area contributed by atoms with Gasteiger partial charge in [0, 0.05) is 11.0 Å². The molecule has 0 amide bonds. The summed E-state index contributed by atoms with van der Waals surface area (Å²) in [5, 5.41) is 7.85. The maximum Gasteiger partial charge on any atom is 0.224 e. The summed E-state index contributed by atoms with van der Waals surface area (Å²) in [7, 11) is 1.89. The van der Waals surface area contributed by atoms with E-state index in [0.29, 0.717) is 12.0 Å². The predicted molar refractivity (Wildman–Crippen MR) is 35.7 cm³/mol. The van der Waals surface area contributed by atoms with Gasteiger partial charge in [-0.3, -0.25) is 0 Å². The van der Waals surface area contributed by atoms with Crippen molar-refractivity contribution in [3.63, 3.8) is 0 Å². The number of nitrogens with zero attached hydrogens (tertiary/aromatic N) is 3. The summed E-state index contributed by atoms with van der Waals surface area (Å²) in [6, 6.07) is 0.301. The number of hydrogen-bond acceptors (Lipinski definition) is 2. The van der Waals surface area contributed by atoms with Gasteiger partial charge in [-0.05, 0) is 0 Å². The second-order valence-corrected chi connectivity index (χ2v) is 2.66. The summed E-state index contributed by atoms with van der Waals surface area (Å²) in [4.78, 5) is 0. The number of hydrogen-bond donors (Lipinski definition) is 0. The van der Waals surface area contributed by atoms with Gasteiger partial charge in [-0.2, -0.15) is 0 Å². The highest BCUT2D eigenvalue weighted by Crippen LogP contribution is 2.07. The molecule has 1 rings (SSSR count). The molecule has 0 saturated carbocycles. The molecule has 0 saturated heterocycles. The van der Waals surface area contributed by atoms with Crippen LogP contribution in [0.4, 0.5) is 0 Å². The van der Waals surface area contributed by atoms with E-state index < -0.39 is 0 Å². The van der Waals surface area contributed by atoms with Gasteiger partial charge in [-0.25, -0.2) is 0 Å². The summed E-state index contributed by atoms with van der Waals surface area (Å²) in [5.74, 6) is 0.568. The molecule has 1 aliphatic heterocycles. The van der Waals surface area contributed by atoms with Gasteiger partial charge < -0.3 is 0 Å². The Hall–Kier alpha value is -0.730. The molecule has 3 heteroatoms. The van der Waals surface area contributed by atoms with Crippen molar-refractivity contribution in [3.8, 4) is 0 Å². The second-order valence-electron chi connectivity index (χ2n) is 2.66. The summed E-state index contributed by atoms with van der Waals surface area (Å²) in [6.45, 7) is 4.28. The molecule has 50 valence electrons. The molecule has 0 aromatic heterocycles. The highest BCUT2D eigenvalue weighted by molar-refractivity contribution is 5.60. The molecule has 1 atom stereocenters. The van der Waals surface area contributed by atoms with Crippen molar-refractivity contribution in [2.24, 2.45) is 16.3 Å². The van der Waals surface area contributed by atoms with Gasteiger partial charge in [-0.1, -0.05) is 13.8 Å². The third-order valence-electron chi connectivity index (χ3n) is 1.38. The van der Waals surface area contributed by atoms with Gasteiger partial charge in [0.2, 0.25) is 6.04 Å². The molecule has 1 aliphatic rings. The minimum atomic E-state index is 0.301. The molecule has 0 aromatic carbocycles. The fraction of sp³-hybridized carbons (Fsp3) is 0.833. The van der Waals surface area contributed by atoms with Gasteiger partial charge in [-0.15, -0.1) is 4.68 Å². The van der Waals surface area contributed by atoms with Crippen LogP contribution in [0.1, 0.15) is 13.8 Å². The molecule has 3 nitrogen and oxygen atoms in total. The molecule has 9 heavy (non-hydrogen) atoms. The molecular weight excluding hydrogens is 114 g/mol. The van der Waals surface area contributed by atoms with E-state index in [1.54, 1.807) is 4.68 Å². The second kappa shape index (κ2) is 2.25. The number of rotatable bonds is 1. The zero-order valence-electron chi connectivity index (χ0n) is 6.07. The molecule has 0 aliphatic carbocycles. The van der Waals surface area contributed by atoms with E-state index in [9.17, 15) is 0 Å². The first kappa shape index (κ1) is 6.39. The van der Waals surface area contributed by atoms with Gasteiger partial charge in [0.15, 0.2) is 0 Å². The Balaban J connectivity index is 2.59. The normalized spacial score (nSPS) is 25.3. The van der Waals surface area contributed by atoms with Crippen LogP contribution in [0.5, 0.6) is 0 Å². The molecule has 0 fully saturated rings. The average molecular weight is 126 g/mol. The van der Waals surface area contributed by atoms with Crippen LogP contribution >= 0.6 is 0 Å². The topological polar surface area (TPSA) is 27.7 Å². The van der Waals surface area contributed by atoms with Crippen molar-refractivity contribution in [2.45, 2.75) is 19.9 Å². The molecule has 0 radical (unpaired) electrons. The molecule has 1 heterocycles. The minimum absolute atomic E-state index is 0.301. The van der Waals surface area contributed by atoms with Crippen molar-refractivity contribution in [1.82, 2.24) is 0 Å². The lowest BCUT2D eigenvalue weighted by molar-refractivity contribution is -0.501. The maximum atomic E-state index is 4.01. The van der Waals surface area contributed by atoms with Crippen LogP contribution in [0.3, 0.4) is 0 Å². The standard InChI is InChI=1S/C6H12N3/c1-5(2)6-4-9(3)8-7-6/h4-6H,1-3H3/q+1. The van der Waals surface area contributed by atoms with Crippen LogP contribution < -0.4 is 0 Å². The van der Waals surface area contributed by atoms with Crippen molar-refractivity contribution < 1.29 is 4.68 Å². The summed E-state index contributed by atoms with van der Waals surface area (Å²) < 4.78 is 1.75. The average Bonchev–Trinajstić information content (AvgIpc) is 2.14. The van der Waals surface area contributed by atoms with Crippen molar-refractivity contribution >= 4 is 6.21 Å². The van der Waals surface area contributed by atoms with Gasteiger partial charge in [0.05, 0.1) is 0 Å². The molecule has 0 bridgehead atoms. The van der Waals surface area contributed by atoms with Gasteiger partial charge in [0.1, 0.15) is 18.5 Å². The fourth-order valence-electron chi connectivity index (χ4n) is 0.727. The van der Waals surface area contributed by atoms with Crippen LogP contribution in [-0.4, -0.2) is 24.0 Å². The highest BCUT2D eigenvalue weighted by Gasteiger charge is 2.22. The third-order valence-corrected chi connectivity index (χ3v) is 1.38. The smallest absolute Gasteiger partial charge is 0.141 e. The largest absolute Gasteiger partial charge is 0.224 e. The van der Waals surface area contributed by atoms with Gasteiger partial charge in [0.25, 0.3) is 0 Å². The van der Waals surface area contributed by atoms with E-state index in [2.05, 4.69) is 24.2 Å². The highest BCUT2D eigenvalue weighted by atomic mass is 15.5. The van der Waals surface area contributed by atoms with E-state index in [4.69, 9.17) is 0 Å². The molecule has 0 N–H and O–H groups in total. The Bertz CT molecular complexity index is 158. The van der Waals surface area contributed by atoms with Crippen molar-refractivity contribution in [1.29, 1.82) is 0 Å². The summed E-state index contributed by atoms with van der Waals surface area (Å²) >= 11 is 0. The molecule has 0 aromatic rings. The zero-order valence-corrected chi connectivity index (χ0v) is 6.07. The Morgan fingerprint density at radius 2 is 2.22 bits per heavy atom. The van der Waals surface area contributed by atoms with E-state index in [1.165, 1.54) is 0 Å². The lowest BCUT2D eigenvalue weighted by Crippen LogP contribution is -2.13. The lowest BCUT2D eigenvalue weighted by Gasteiger charge is -1.96. The first-order chi connectivity index (χ1) is 4.20. The molecule has 1 unspecified atom stereocenters. The van der Waals surface area contributed by atoms with E-state index in [1.807, 2.05) is 13.3 Å². The summed E-state index contributed by atoms with van der Waals surface area (Å²) in [5.41, 5.74) is 0. The van der Waals surface area contributed by atoms with Crippen LogP contribution in [0, 0.1) is 5.92 Å². The predicted octanol–water partition coefficient (Wildman–Crippen LogP) is 1.10. The van der Waals surface area contributed by atoms with E-state index in [-0.39, 0.29) is 0 Å². The Labute approximate surface area is 55.1 Å². The first-order valence-corrected chi connectivity index (χ1v) is 3.18. The zero-order chi connectivity index (χ0) is 6.85. The maximum absolute atomic E-state index is 4.01. The quantitative estimate of drug-likeness (QED) is 0.471. The van der Waals surface area contributed by atoms with Crippen LogP contribution in [0.25, 0.3) is 0 Å².